The molecule has 0 amide bonds. The lowest BCUT2D eigenvalue weighted by atomic mass is 9.76. The van der Waals surface area contributed by atoms with Crippen LogP contribution < -0.4 is 4.90 Å². The summed E-state index contributed by atoms with van der Waals surface area (Å²) in [7, 11) is 0. The molecule has 1 aromatic carbocycles. The molecule has 7 heteroatoms. The zero-order valence-electron chi connectivity index (χ0n) is 15.7. The van der Waals surface area contributed by atoms with Crippen molar-refractivity contribution in [3.05, 3.63) is 35.7 Å². The first-order chi connectivity index (χ1) is 13.3. The van der Waals surface area contributed by atoms with Gasteiger partial charge in [-0.1, -0.05) is 18.2 Å². The smallest absolute Gasteiger partial charge is 0.170 e. The normalized spacial score (nSPS) is 22.3. The standard InChI is InChI=1S/C20H27N5O2/c1-2-4-18-17(3-1)20(7-11-27-12-8-20)15-24(18)14-19-21-22-23-25(19)13-16-5-9-26-10-6-16/h1-4,16H,5-15H2. The molecule has 2 saturated heterocycles. The quantitative estimate of drug-likeness (QED) is 0.823. The maximum atomic E-state index is 5.65. The first-order valence-corrected chi connectivity index (χ1v) is 10.1. The van der Waals surface area contributed by atoms with Gasteiger partial charge in [0, 0.05) is 50.6 Å². The molecule has 27 heavy (non-hydrogen) atoms. The molecule has 144 valence electrons. The van der Waals surface area contributed by atoms with E-state index in [4.69, 9.17) is 9.47 Å². The zero-order chi connectivity index (χ0) is 18.1. The van der Waals surface area contributed by atoms with Crippen LogP contribution >= 0.6 is 0 Å². The molecule has 4 heterocycles. The number of tetrazole rings is 1. The van der Waals surface area contributed by atoms with Crippen molar-refractivity contribution in [3.63, 3.8) is 0 Å². The summed E-state index contributed by atoms with van der Waals surface area (Å²) in [6.45, 7) is 6.08. The van der Waals surface area contributed by atoms with Crippen LogP contribution in [-0.4, -0.2) is 53.2 Å². The number of rotatable bonds is 4. The van der Waals surface area contributed by atoms with Gasteiger partial charge in [-0.15, -0.1) is 5.10 Å². The molecule has 1 spiro atoms. The minimum absolute atomic E-state index is 0.216. The number of nitrogens with zero attached hydrogens (tertiary/aromatic N) is 5. The van der Waals surface area contributed by atoms with Gasteiger partial charge < -0.3 is 14.4 Å². The van der Waals surface area contributed by atoms with Gasteiger partial charge in [0.1, 0.15) is 0 Å². The molecule has 7 nitrogen and oxygen atoms in total. The van der Waals surface area contributed by atoms with E-state index < -0.39 is 0 Å². The van der Waals surface area contributed by atoms with E-state index in [1.165, 1.54) is 11.3 Å². The van der Waals surface area contributed by atoms with Crippen LogP contribution in [0.3, 0.4) is 0 Å². The van der Waals surface area contributed by atoms with Crippen molar-refractivity contribution in [2.24, 2.45) is 5.92 Å². The predicted octanol–water partition coefficient (Wildman–Crippen LogP) is 2.17. The number of benzene rings is 1. The second kappa shape index (κ2) is 7.20. The van der Waals surface area contributed by atoms with Crippen LogP contribution in [-0.2, 0) is 28.0 Å². The number of para-hydroxylation sites is 1. The number of ether oxygens (including phenoxy) is 2. The second-order valence-electron chi connectivity index (χ2n) is 8.10. The van der Waals surface area contributed by atoms with Crippen molar-refractivity contribution in [1.82, 2.24) is 20.2 Å². The van der Waals surface area contributed by atoms with Crippen molar-refractivity contribution >= 4 is 5.69 Å². The molecule has 0 aliphatic carbocycles. The van der Waals surface area contributed by atoms with Crippen LogP contribution in [0.1, 0.15) is 37.1 Å². The van der Waals surface area contributed by atoms with E-state index in [1.54, 1.807) is 0 Å². The Morgan fingerprint density at radius 3 is 2.67 bits per heavy atom. The monoisotopic (exact) mass is 369 g/mol. The molecule has 0 N–H and O–H groups in total. The van der Waals surface area contributed by atoms with Crippen LogP contribution in [0.25, 0.3) is 0 Å². The fourth-order valence-electron chi connectivity index (χ4n) is 4.89. The molecule has 5 rings (SSSR count). The minimum Gasteiger partial charge on any atom is -0.381 e. The van der Waals surface area contributed by atoms with Gasteiger partial charge in [-0.3, -0.25) is 0 Å². The van der Waals surface area contributed by atoms with Gasteiger partial charge in [-0.05, 0) is 53.7 Å². The van der Waals surface area contributed by atoms with Gasteiger partial charge in [-0.25, -0.2) is 4.68 Å². The first-order valence-electron chi connectivity index (χ1n) is 10.1. The highest BCUT2D eigenvalue weighted by molar-refractivity contribution is 5.62. The third-order valence-corrected chi connectivity index (χ3v) is 6.47. The summed E-state index contributed by atoms with van der Waals surface area (Å²) in [6, 6.07) is 8.84. The summed E-state index contributed by atoms with van der Waals surface area (Å²) in [5.74, 6) is 1.56. The molecule has 0 unspecified atom stereocenters. The molecule has 0 saturated carbocycles. The SMILES string of the molecule is c1ccc2c(c1)N(Cc1nnnn1CC1CCOCC1)CC21CCOCC1. The summed E-state index contributed by atoms with van der Waals surface area (Å²) >= 11 is 0. The molecular weight excluding hydrogens is 342 g/mol. The molecule has 0 bridgehead atoms. The third kappa shape index (κ3) is 3.23. The maximum absolute atomic E-state index is 5.65. The van der Waals surface area contributed by atoms with E-state index in [1.807, 2.05) is 4.68 Å². The highest BCUT2D eigenvalue weighted by Gasteiger charge is 2.43. The highest BCUT2D eigenvalue weighted by atomic mass is 16.5. The van der Waals surface area contributed by atoms with Gasteiger partial charge in [0.25, 0.3) is 0 Å². The Bertz CT molecular complexity index is 780. The summed E-state index contributed by atoms with van der Waals surface area (Å²) in [6.07, 6.45) is 4.37. The fraction of sp³-hybridized carbons (Fsp3) is 0.650. The van der Waals surface area contributed by atoms with Crippen LogP contribution in [0.4, 0.5) is 5.69 Å². The Balaban J connectivity index is 1.36. The Hall–Kier alpha value is -1.99. The van der Waals surface area contributed by atoms with Crippen LogP contribution in [0.5, 0.6) is 0 Å². The molecule has 2 aromatic rings. The van der Waals surface area contributed by atoms with Crippen molar-refractivity contribution in [1.29, 1.82) is 0 Å². The van der Waals surface area contributed by atoms with E-state index in [0.29, 0.717) is 5.92 Å². The van der Waals surface area contributed by atoms with Crippen LogP contribution in [0, 0.1) is 5.92 Å². The molecule has 3 aliphatic heterocycles. The average Bonchev–Trinajstić information content (AvgIpc) is 3.27. The second-order valence-corrected chi connectivity index (χ2v) is 8.10. The van der Waals surface area contributed by atoms with E-state index in [2.05, 4.69) is 44.7 Å². The summed E-state index contributed by atoms with van der Waals surface area (Å²) in [4.78, 5) is 2.47. The number of anilines is 1. The Kier molecular flexibility index (Phi) is 4.57. The van der Waals surface area contributed by atoms with Gasteiger partial charge in [0.2, 0.25) is 0 Å². The first kappa shape index (κ1) is 17.1. The lowest BCUT2D eigenvalue weighted by Crippen LogP contribution is -2.38. The summed E-state index contributed by atoms with van der Waals surface area (Å²) < 4.78 is 13.1. The lowest BCUT2D eigenvalue weighted by Gasteiger charge is -2.34. The predicted molar refractivity (Wildman–Crippen MR) is 101 cm³/mol. The van der Waals surface area contributed by atoms with E-state index in [9.17, 15) is 0 Å². The van der Waals surface area contributed by atoms with Gasteiger partial charge >= 0.3 is 0 Å². The van der Waals surface area contributed by atoms with Gasteiger partial charge in [0.05, 0.1) is 6.54 Å². The maximum Gasteiger partial charge on any atom is 0.170 e. The van der Waals surface area contributed by atoms with Crippen LogP contribution in [0.15, 0.2) is 24.3 Å². The van der Waals surface area contributed by atoms with Crippen molar-refractivity contribution in [2.45, 2.75) is 44.2 Å². The lowest BCUT2D eigenvalue weighted by molar-refractivity contribution is 0.0551. The molecular formula is C20H27N5O2. The summed E-state index contributed by atoms with van der Waals surface area (Å²) in [5.41, 5.74) is 3.02. The van der Waals surface area contributed by atoms with E-state index in [0.717, 1.165) is 77.6 Å². The Morgan fingerprint density at radius 1 is 1.04 bits per heavy atom. The Labute approximate surface area is 159 Å². The van der Waals surface area contributed by atoms with Crippen molar-refractivity contribution < 1.29 is 9.47 Å². The molecule has 3 aliphatic rings. The largest absolute Gasteiger partial charge is 0.381 e. The van der Waals surface area contributed by atoms with Crippen molar-refractivity contribution in [2.75, 3.05) is 37.9 Å². The molecule has 0 radical (unpaired) electrons. The summed E-state index contributed by atoms with van der Waals surface area (Å²) in [5, 5.41) is 12.6. The third-order valence-electron chi connectivity index (χ3n) is 6.47. The van der Waals surface area contributed by atoms with E-state index in [-0.39, 0.29) is 5.41 Å². The topological polar surface area (TPSA) is 65.3 Å². The zero-order valence-corrected chi connectivity index (χ0v) is 15.7. The highest BCUT2D eigenvalue weighted by Crippen LogP contribution is 2.46. The van der Waals surface area contributed by atoms with Gasteiger partial charge in [0.15, 0.2) is 5.82 Å². The van der Waals surface area contributed by atoms with Gasteiger partial charge in [-0.2, -0.15) is 0 Å². The number of hydrogen-bond donors (Lipinski definition) is 0. The van der Waals surface area contributed by atoms with Crippen LogP contribution in [0.2, 0.25) is 0 Å². The number of hydrogen-bond acceptors (Lipinski definition) is 6. The fourth-order valence-corrected chi connectivity index (χ4v) is 4.89. The molecule has 2 fully saturated rings. The molecule has 0 atom stereocenters. The number of fused-ring (bicyclic) bond motifs is 2. The average molecular weight is 369 g/mol. The minimum atomic E-state index is 0.216. The van der Waals surface area contributed by atoms with Crippen molar-refractivity contribution in [3.8, 4) is 0 Å². The number of aromatic nitrogens is 4. The molecule has 1 aromatic heterocycles. The Morgan fingerprint density at radius 2 is 1.81 bits per heavy atom. The van der Waals surface area contributed by atoms with E-state index >= 15 is 0 Å².